The molecule has 0 radical (unpaired) electrons. The Morgan fingerprint density at radius 2 is 2.14 bits per heavy atom. The van der Waals surface area contributed by atoms with Crippen LogP contribution in [0.4, 0.5) is 4.79 Å². The number of nitrogens with zero attached hydrogens (tertiary/aromatic N) is 2. The van der Waals surface area contributed by atoms with Crippen LogP contribution < -0.4 is 5.32 Å². The van der Waals surface area contributed by atoms with Gasteiger partial charge in [0.15, 0.2) is 0 Å². The van der Waals surface area contributed by atoms with Gasteiger partial charge in [-0.3, -0.25) is 9.89 Å². The minimum Gasteiger partial charge on any atom is -0.481 e. The van der Waals surface area contributed by atoms with Gasteiger partial charge in [0, 0.05) is 25.4 Å². The van der Waals surface area contributed by atoms with Gasteiger partial charge in [-0.05, 0) is 31.6 Å². The summed E-state index contributed by atoms with van der Waals surface area (Å²) in [6.45, 7) is 1.12. The third-order valence-corrected chi connectivity index (χ3v) is 4.06. The third-order valence-electron chi connectivity index (χ3n) is 4.06. The van der Waals surface area contributed by atoms with Gasteiger partial charge in [-0.1, -0.05) is 0 Å². The quantitative estimate of drug-likeness (QED) is 0.765. The van der Waals surface area contributed by atoms with E-state index in [1.165, 1.54) is 0 Å². The maximum atomic E-state index is 12.0. The number of hydrogen-bond acceptors (Lipinski definition) is 3. The van der Waals surface area contributed by atoms with Gasteiger partial charge >= 0.3 is 12.0 Å². The zero-order chi connectivity index (χ0) is 15.2. The zero-order valence-corrected chi connectivity index (χ0v) is 12.2. The summed E-state index contributed by atoms with van der Waals surface area (Å²) in [5.74, 6) is -0.523. The molecule has 7 heteroatoms. The van der Waals surface area contributed by atoms with Crippen molar-refractivity contribution in [3.8, 4) is 0 Å². The molecule has 0 atom stereocenters. The normalized spacial score (nSPS) is 21.8. The van der Waals surface area contributed by atoms with Crippen molar-refractivity contribution in [2.45, 2.75) is 32.2 Å². The molecule has 1 aliphatic carbocycles. The van der Waals surface area contributed by atoms with Crippen molar-refractivity contribution in [3.63, 3.8) is 0 Å². The molecule has 3 N–H and O–H groups in total. The minimum absolute atomic E-state index is 0.114. The number of aromatic amines is 1. The van der Waals surface area contributed by atoms with Crippen LogP contribution in [0, 0.1) is 11.8 Å². The maximum absolute atomic E-state index is 12.0. The minimum atomic E-state index is -0.697. The number of amides is 2. The van der Waals surface area contributed by atoms with Gasteiger partial charge < -0.3 is 15.3 Å². The van der Waals surface area contributed by atoms with E-state index in [0.29, 0.717) is 31.8 Å². The predicted molar refractivity (Wildman–Crippen MR) is 76.5 cm³/mol. The highest BCUT2D eigenvalue weighted by Crippen LogP contribution is 2.28. The second-order valence-electron chi connectivity index (χ2n) is 5.70. The number of aromatic nitrogens is 2. The molecule has 1 aliphatic rings. The summed E-state index contributed by atoms with van der Waals surface area (Å²) in [6, 6.07) is -0.114. The summed E-state index contributed by atoms with van der Waals surface area (Å²) in [7, 11) is 1.74. The van der Waals surface area contributed by atoms with E-state index in [0.717, 1.165) is 18.4 Å². The number of carboxylic acid groups (broad SMARTS) is 1. The van der Waals surface area contributed by atoms with Gasteiger partial charge in [-0.25, -0.2) is 4.79 Å². The van der Waals surface area contributed by atoms with Crippen LogP contribution in [0.3, 0.4) is 0 Å². The summed E-state index contributed by atoms with van der Waals surface area (Å²) in [5.41, 5.74) is 0.953. The fraction of sp³-hybridized carbons (Fsp3) is 0.643. The lowest BCUT2D eigenvalue weighted by molar-refractivity contribution is -0.143. The van der Waals surface area contributed by atoms with Crippen molar-refractivity contribution >= 4 is 12.0 Å². The predicted octanol–water partition coefficient (Wildman–Crippen LogP) is 1.44. The first-order chi connectivity index (χ1) is 10.1. The van der Waals surface area contributed by atoms with Crippen molar-refractivity contribution in [1.82, 2.24) is 20.4 Å². The highest BCUT2D eigenvalue weighted by Gasteiger charge is 2.26. The number of H-pyrrole nitrogens is 1. The lowest BCUT2D eigenvalue weighted by atomic mass is 9.82. The van der Waals surface area contributed by atoms with Crippen LogP contribution in [-0.2, 0) is 11.3 Å². The molecule has 0 bridgehead atoms. The van der Waals surface area contributed by atoms with Crippen LogP contribution in [-0.4, -0.2) is 45.8 Å². The van der Waals surface area contributed by atoms with Crippen molar-refractivity contribution in [1.29, 1.82) is 0 Å². The second-order valence-corrected chi connectivity index (χ2v) is 5.70. The Morgan fingerprint density at radius 3 is 2.71 bits per heavy atom. The zero-order valence-electron chi connectivity index (χ0n) is 12.2. The van der Waals surface area contributed by atoms with Gasteiger partial charge in [0.25, 0.3) is 0 Å². The van der Waals surface area contributed by atoms with Crippen molar-refractivity contribution in [2.24, 2.45) is 11.8 Å². The number of rotatable bonds is 5. The topological polar surface area (TPSA) is 98.3 Å². The maximum Gasteiger partial charge on any atom is 0.317 e. The molecule has 116 valence electrons. The average Bonchev–Trinajstić information content (AvgIpc) is 2.98. The van der Waals surface area contributed by atoms with E-state index in [9.17, 15) is 9.59 Å². The van der Waals surface area contributed by atoms with E-state index in [-0.39, 0.29) is 11.9 Å². The average molecular weight is 294 g/mol. The highest BCUT2D eigenvalue weighted by atomic mass is 16.4. The lowest BCUT2D eigenvalue weighted by Crippen LogP contribution is -2.40. The van der Waals surface area contributed by atoms with Crippen molar-refractivity contribution < 1.29 is 14.7 Å². The van der Waals surface area contributed by atoms with Gasteiger partial charge in [0.1, 0.15) is 0 Å². The van der Waals surface area contributed by atoms with Crippen molar-refractivity contribution in [2.75, 3.05) is 13.6 Å². The molecule has 1 heterocycles. The molecule has 0 aliphatic heterocycles. The molecule has 2 rings (SSSR count). The van der Waals surface area contributed by atoms with Gasteiger partial charge in [0.2, 0.25) is 0 Å². The molecule has 0 saturated heterocycles. The molecule has 1 aromatic rings. The molecule has 0 spiro atoms. The lowest BCUT2D eigenvalue weighted by Gasteiger charge is -2.27. The fourth-order valence-corrected chi connectivity index (χ4v) is 2.69. The number of carboxylic acids is 1. The van der Waals surface area contributed by atoms with E-state index in [1.54, 1.807) is 24.3 Å². The fourth-order valence-electron chi connectivity index (χ4n) is 2.69. The molecule has 1 fully saturated rings. The number of aliphatic carboxylic acids is 1. The van der Waals surface area contributed by atoms with E-state index in [4.69, 9.17) is 5.11 Å². The largest absolute Gasteiger partial charge is 0.481 e. The Kier molecular flexibility index (Phi) is 5.19. The van der Waals surface area contributed by atoms with Gasteiger partial charge in [-0.2, -0.15) is 5.10 Å². The van der Waals surface area contributed by atoms with Crippen LogP contribution in [0.1, 0.15) is 31.2 Å². The summed E-state index contributed by atoms with van der Waals surface area (Å²) < 4.78 is 0. The third kappa shape index (κ3) is 4.47. The second kappa shape index (κ2) is 7.10. The smallest absolute Gasteiger partial charge is 0.317 e. The number of carbonyl (C=O) groups excluding carboxylic acids is 1. The molecule has 0 unspecified atom stereocenters. The van der Waals surface area contributed by atoms with Crippen LogP contribution >= 0.6 is 0 Å². The highest BCUT2D eigenvalue weighted by molar-refractivity contribution is 5.73. The van der Waals surface area contributed by atoms with E-state index < -0.39 is 5.97 Å². The van der Waals surface area contributed by atoms with Gasteiger partial charge in [-0.15, -0.1) is 0 Å². The Bertz CT molecular complexity index is 467. The molecule has 2 amide bonds. The molecule has 1 aromatic heterocycles. The Balaban J connectivity index is 1.68. The van der Waals surface area contributed by atoms with Crippen LogP contribution in [0.5, 0.6) is 0 Å². The number of urea groups is 1. The Hall–Kier alpha value is -2.05. The number of hydrogen-bond donors (Lipinski definition) is 3. The first-order valence-electron chi connectivity index (χ1n) is 7.25. The number of nitrogens with one attached hydrogen (secondary N) is 2. The molecule has 0 aromatic carbocycles. The summed E-state index contributed by atoms with van der Waals surface area (Å²) in [6.07, 6.45) is 6.60. The molecule has 7 nitrogen and oxygen atoms in total. The van der Waals surface area contributed by atoms with Crippen LogP contribution in [0.15, 0.2) is 12.4 Å². The first-order valence-corrected chi connectivity index (χ1v) is 7.25. The first kappa shape index (κ1) is 15.3. The molecule has 21 heavy (non-hydrogen) atoms. The SMILES string of the molecule is CN(Cc1cn[nH]c1)C(=O)NCC1CCC(C(=O)O)CC1. The van der Waals surface area contributed by atoms with Gasteiger partial charge in [0.05, 0.1) is 18.7 Å². The Morgan fingerprint density at radius 1 is 1.43 bits per heavy atom. The molecular weight excluding hydrogens is 272 g/mol. The van der Waals surface area contributed by atoms with E-state index in [1.807, 2.05) is 0 Å². The van der Waals surface area contributed by atoms with E-state index in [2.05, 4.69) is 15.5 Å². The summed E-state index contributed by atoms with van der Waals surface area (Å²) in [5, 5.41) is 18.4. The van der Waals surface area contributed by atoms with E-state index >= 15 is 0 Å². The summed E-state index contributed by atoms with van der Waals surface area (Å²) in [4.78, 5) is 24.5. The molecular formula is C14H22N4O3. The van der Waals surface area contributed by atoms with Crippen LogP contribution in [0.2, 0.25) is 0 Å². The van der Waals surface area contributed by atoms with Crippen molar-refractivity contribution in [3.05, 3.63) is 18.0 Å². The standard InChI is InChI=1S/C14H22N4O3/c1-18(9-11-7-16-17-8-11)14(21)15-6-10-2-4-12(5-3-10)13(19)20/h7-8,10,12H,2-6,9H2,1H3,(H,15,21)(H,16,17)(H,19,20). The number of carbonyl (C=O) groups is 2. The molecule has 1 saturated carbocycles. The summed E-state index contributed by atoms with van der Waals surface area (Å²) >= 11 is 0. The Labute approximate surface area is 123 Å². The van der Waals surface area contributed by atoms with Crippen LogP contribution in [0.25, 0.3) is 0 Å². The monoisotopic (exact) mass is 294 g/mol.